The molecule has 102 valence electrons. The number of hydrogen-bond donors (Lipinski definition) is 1. The van der Waals surface area contributed by atoms with Gasteiger partial charge in [-0.25, -0.2) is 9.37 Å². The minimum atomic E-state index is -0.691. The van der Waals surface area contributed by atoms with E-state index in [1.165, 1.54) is 18.2 Å². The van der Waals surface area contributed by atoms with Gasteiger partial charge in [0, 0.05) is 11.6 Å². The highest BCUT2D eigenvalue weighted by atomic mass is 35.5. The zero-order valence-electron chi connectivity index (χ0n) is 9.84. The van der Waals surface area contributed by atoms with Gasteiger partial charge in [-0.3, -0.25) is 14.9 Å². The van der Waals surface area contributed by atoms with E-state index < -0.39 is 16.6 Å². The molecule has 6 nitrogen and oxygen atoms in total. The smallest absolute Gasteiger partial charge is 0.301 e. The van der Waals surface area contributed by atoms with Gasteiger partial charge in [0.25, 0.3) is 5.91 Å². The molecule has 0 radical (unpaired) electrons. The lowest BCUT2D eigenvalue weighted by Crippen LogP contribution is -2.14. The van der Waals surface area contributed by atoms with Crippen LogP contribution in [0.25, 0.3) is 0 Å². The van der Waals surface area contributed by atoms with Gasteiger partial charge in [0.05, 0.1) is 4.92 Å². The van der Waals surface area contributed by atoms with Crippen LogP contribution in [-0.2, 0) is 0 Å². The number of hydrogen-bond acceptors (Lipinski definition) is 4. The number of carbonyl (C=O) groups excluding carboxylic acids is 1. The number of halogens is 2. The molecule has 0 saturated heterocycles. The molecule has 1 aromatic carbocycles. The number of aromatic nitrogens is 1. The predicted molar refractivity (Wildman–Crippen MR) is 70.3 cm³/mol. The molecule has 1 heterocycles. The molecule has 2 rings (SSSR count). The van der Waals surface area contributed by atoms with Crippen LogP contribution in [0.5, 0.6) is 0 Å². The van der Waals surface area contributed by atoms with Gasteiger partial charge in [0.1, 0.15) is 11.0 Å². The summed E-state index contributed by atoms with van der Waals surface area (Å²) in [6, 6.07) is 7.09. The van der Waals surface area contributed by atoms with Crippen molar-refractivity contribution in [2.75, 3.05) is 5.32 Å². The van der Waals surface area contributed by atoms with Crippen LogP contribution in [-0.4, -0.2) is 15.8 Å². The Morgan fingerprint density at radius 2 is 1.90 bits per heavy atom. The van der Waals surface area contributed by atoms with Crippen molar-refractivity contribution in [2.24, 2.45) is 0 Å². The number of carbonyl (C=O) groups is 1. The molecule has 0 aliphatic carbocycles. The number of benzene rings is 1. The van der Waals surface area contributed by atoms with Gasteiger partial charge < -0.3 is 5.32 Å². The van der Waals surface area contributed by atoms with Crippen LogP contribution < -0.4 is 5.32 Å². The molecule has 20 heavy (non-hydrogen) atoms. The number of nitrogens with zero attached hydrogens (tertiary/aromatic N) is 2. The molecule has 0 saturated carbocycles. The molecule has 0 atom stereocenters. The minimum absolute atomic E-state index is 0.00464. The lowest BCUT2D eigenvalue weighted by Gasteiger charge is -2.05. The third kappa shape index (κ3) is 3.07. The summed E-state index contributed by atoms with van der Waals surface area (Å²) in [5.74, 6) is -1.41. The largest absolute Gasteiger partial charge is 0.311 e. The molecular formula is C12H7ClFN3O3. The SMILES string of the molecule is O=C(Nc1nc(Cl)ccc1[N+](=O)[O-])c1ccc(F)cc1. The van der Waals surface area contributed by atoms with Crippen LogP contribution in [0, 0.1) is 15.9 Å². The molecule has 0 aliphatic heterocycles. The van der Waals surface area contributed by atoms with Crippen LogP contribution in [0.1, 0.15) is 10.4 Å². The van der Waals surface area contributed by atoms with E-state index in [0.29, 0.717) is 0 Å². The summed E-state index contributed by atoms with van der Waals surface area (Å²) in [4.78, 5) is 25.7. The molecule has 0 aliphatic rings. The number of rotatable bonds is 3. The van der Waals surface area contributed by atoms with E-state index in [9.17, 15) is 19.3 Å². The first-order valence-corrected chi connectivity index (χ1v) is 5.73. The Morgan fingerprint density at radius 1 is 1.25 bits per heavy atom. The summed E-state index contributed by atoms with van der Waals surface area (Å²) in [5, 5.41) is 13.1. The van der Waals surface area contributed by atoms with E-state index in [0.717, 1.165) is 18.2 Å². The molecule has 0 bridgehead atoms. The molecule has 1 amide bonds. The Balaban J connectivity index is 2.29. The van der Waals surface area contributed by atoms with Crippen LogP contribution in [0.2, 0.25) is 5.15 Å². The highest BCUT2D eigenvalue weighted by Gasteiger charge is 2.18. The zero-order chi connectivity index (χ0) is 14.7. The fraction of sp³-hybridized carbons (Fsp3) is 0. The number of anilines is 1. The second-order valence-electron chi connectivity index (χ2n) is 3.72. The van der Waals surface area contributed by atoms with Gasteiger partial charge in [-0.2, -0.15) is 0 Å². The predicted octanol–water partition coefficient (Wildman–Crippen LogP) is 3.03. The Labute approximate surface area is 117 Å². The first-order valence-electron chi connectivity index (χ1n) is 5.35. The number of nitrogens with one attached hydrogen (secondary N) is 1. The first-order chi connectivity index (χ1) is 9.47. The summed E-state index contributed by atoms with van der Waals surface area (Å²) >= 11 is 5.64. The maximum atomic E-state index is 12.7. The van der Waals surface area contributed by atoms with Gasteiger partial charge in [-0.1, -0.05) is 11.6 Å². The standard InChI is InChI=1S/C12H7ClFN3O3/c13-10-6-5-9(17(19)20)11(15-10)16-12(18)7-1-3-8(14)4-2-7/h1-6H,(H,15,16,18). The maximum absolute atomic E-state index is 12.7. The highest BCUT2D eigenvalue weighted by molar-refractivity contribution is 6.29. The van der Waals surface area contributed by atoms with Crippen LogP contribution >= 0.6 is 11.6 Å². The summed E-state index contributed by atoms with van der Waals surface area (Å²) in [6.45, 7) is 0. The molecule has 1 N–H and O–H groups in total. The minimum Gasteiger partial charge on any atom is -0.301 e. The molecule has 2 aromatic rings. The zero-order valence-corrected chi connectivity index (χ0v) is 10.6. The van der Waals surface area contributed by atoms with Crippen molar-refractivity contribution < 1.29 is 14.1 Å². The molecule has 0 fully saturated rings. The lowest BCUT2D eigenvalue weighted by atomic mass is 10.2. The van der Waals surface area contributed by atoms with Crippen molar-refractivity contribution in [3.63, 3.8) is 0 Å². The van der Waals surface area contributed by atoms with Crippen molar-refractivity contribution >= 4 is 29.0 Å². The van der Waals surface area contributed by atoms with Gasteiger partial charge in [0.2, 0.25) is 5.82 Å². The van der Waals surface area contributed by atoms with Gasteiger partial charge in [-0.15, -0.1) is 0 Å². The van der Waals surface area contributed by atoms with Crippen molar-refractivity contribution in [3.8, 4) is 0 Å². The quantitative estimate of drug-likeness (QED) is 0.536. The van der Waals surface area contributed by atoms with Crippen molar-refractivity contribution in [1.82, 2.24) is 4.98 Å². The summed E-state index contributed by atoms with van der Waals surface area (Å²) in [6.07, 6.45) is 0. The number of amides is 1. The second kappa shape index (κ2) is 5.62. The van der Waals surface area contributed by atoms with Crippen LogP contribution in [0.4, 0.5) is 15.9 Å². The Hall–Kier alpha value is -2.54. The van der Waals surface area contributed by atoms with E-state index in [4.69, 9.17) is 11.6 Å². The Kier molecular flexibility index (Phi) is 3.90. The molecule has 0 unspecified atom stereocenters. The number of nitro groups is 1. The average molecular weight is 296 g/mol. The first kappa shape index (κ1) is 13.9. The lowest BCUT2D eigenvalue weighted by molar-refractivity contribution is -0.384. The molecular weight excluding hydrogens is 289 g/mol. The third-order valence-corrected chi connectivity index (χ3v) is 2.59. The average Bonchev–Trinajstić information content (AvgIpc) is 2.39. The van der Waals surface area contributed by atoms with E-state index in [2.05, 4.69) is 10.3 Å². The van der Waals surface area contributed by atoms with Gasteiger partial charge >= 0.3 is 5.69 Å². The molecule has 1 aromatic heterocycles. The van der Waals surface area contributed by atoms with Crippen LogP contribution in [0.15, 0.2) is 36.4 Å². The third-order valence-electron chi connectivity index (χ3n) is 2.38. The van der Waals surface area contributed by atoms with Gasteiger partial charge in [-0.05, 0) is 30.3 Å². The normalized spacial score (nSPS) is 10.1. The Morgan fingerprint density at radius 3 is 2.50 bits per heavy atom. The summed E-state index contributed by atoms with van der Waals surface area (Å²) in [5.41, 5.74) is -0.243. The van der Waals surface area contributed by atoms with Crippen molar-refractivity contribution in [2.45, 2.75) is 0 Å². The topological polar surface area (TPSA) is 85.1 Å². The van der Waals surface area contributed by atoms with E-state index in [1.807, 2.05) is 0 Å². The van der Waals surface area contributed by atoms with E-state index in [-0.39, 0.29) is 22.2 Å². The van der Waals surface area contributed by atoms with E-state index in [1.54, 1.807) is 0 Å². The van der Waals surface area contributed by atoms with Crippen molar-refractivity contribution in [1.29, 1.82) is 0 Å². The Bertz CT molecular complexity index is 676. The fourth-order valence-electron chi connectivity index (χ4n) is 1.45. The maximum Gasteiger partial charge on any atom is 0.311 e. The monoisotopic (exact) mass is 295 g/mol. The van der Waals surface area contributed by atoms with Crippen molar-refractivity contribution in [3.05, 3.63) is 63.0 Å². The highest BCUT2D eigenvalue weighted by Crippen LogP contribution is 2.24. The van der Waals surface area contributed by atoms with Gasteiger partial charge in [0.15, 0.2) is 0 Å². The summed E-state index contributed by atoms with van der Waals surface area (Å²) < 4.78 is 12.7. The van der Waals surface area contributed by atoms with Crippen LogP contribution in [0.3, 0.4) is 0 Å². The molecule has 8 heteroatoms. The number of pyridine rings is 1. The second-order valence-corrected chi connectivity index (χ2v) is 4.11. The van der Waals surface area contributed by atoms with E-state index >= 15 is 0 Å². The summed E-state index contributed by atoms with van der Waals surface area (Å²) in [7, 11) is 0. The molecule has 0 spiro atoms. The fourth-order valence-corrected chi connectivity index (χ4v) is 1.60.